The Bertz CT molecular complexity index is 1130. The number of nitrogens with zero attached hydrogens (tertiary/aromatic N) is 2. The molecule has 0 radical (unpaired) electrons. The van der Waals surface area contributed by atoms with Crippen LogP contribution < -0.4 is 9.47 Å². The molecule has 1 aliphatic heterocycles. The van der Waals surface area contributed by atoms with Gasteiger partial charge in [0.05, 0.1) is 24.8 Å². The molecule has 0 bridgehead atoms. The van der Waals surface area contributed by atoms with E-state index in [1.54, 1.807) is 30.8 Å². The predicted octanol–water partition coefficient (Wildman–Crippen LogP) is 4.14. The lowest BCUT2D eigenvalue weighted by atomic mass is 9.94. The first-order valence-electron chi connectivity index (χ1n) is 9.23. The fourth-order valence-electron chi connectivity index (χ4n) is 3.67. The number of benzene rings is 1. The van der Waals surface area contributed by atoms with Crippen LogP contribution in [-0.4, -0.2) is 38.5 Å². The summed E-state index contributed by atoms with van der Waals surface area (Å²) >= 11 is 1.25. The molecule has 0 fully saturated rings. The van der Waals surface area contributed by atoms with E-state index in [-0.39, 0.29) is 6.04 Å². The van der Waals surface area contributed by atoms with Crippen molar-refractivity contribution < 1.29 is 17.9 Å². The van der Waals surface area contributed by atoms with Crippen molar-refractivity contribution in [3.63, 3.8) is 0 Å². The van der Waals surface area contributed by atoms with Crippen molar-refractivity contribution in [2.75, 3.05) is 20.8 Å². The van der Waals surface area contributed by atoms with Gasteiger partial charge in [-0.15, -0.1) is 11.3 Å². The van der Waals surface area contributed by atoms with Gasteiger partial charge in [-0.3, -0.25) is 4.98 Å². The largest absolute Gasteiger partial charge is 0.493 e. The summed E-state index contributed by atoms with van der Waals surface area (Å²) < 4.78 is 39.5. The number of methoxy groups -OCH3 is 2. The summed E-state index contributed by atoms with van der Waals surface area (Å²) in [7, 11) is -0.444. The van der Waals surface area contributed by atoms with E-state index in [1.807, 2.05) is 43.3 Å². The van der Waals surface area contributed by atoms with E-state index in [1.165, 1.54) is 11.3 Å². The molecular weight excluding hydrogens is 408 g/mol. The Morgan fingerprint density at radius 1 is 1.10 bits per heavy atom. The minimum absolute atomic E-state index is 0.302. The number of fused-ring (bicyclic) bond motifs is 1. The summed E-state index contributed by atoms with van der Waals surface area (Å²) in [5.74, 6) is 1.26. The summed E-state index contributed by atoms with van der Waals surface area (Å²) in [4.78, 5) is 5.15. The summed E-state index contributed by atoms with van der Waals surface area (Å²) in [5.41, 5.74) is 2.80. The second kappa shape index (κ2) is 7.78. The molecule has 0 spiro atoms. The Labute approximate surface area is 174 Å². The third-order valence-corrected chi connectivity index (χ3v) is 8.74. The smallest absolute Gasteiger partial charge is 0.253 e. The van der Waals surface area contributed by atoms with Crippen molar-refractivity contribution >= 4 is 21.4 Å². The lowest BCUT2D eigenvalue weighted by Crippen LogP contribution is -2.38. The van der Waals surface area contributed by atoms with Crippen LogP contribution in [0.4, 0.5) is 0 Å². The first kappa shape index (κ1) is 19.9. The number of aromatic nitrogens is 1. The van der Waals surface area contributed by atoms with E-state index in [0.29, 0.717) is 28.7 Å². The predicted molar refractivity (Wildman–Crippen MR) is 113 cm³/mol. The van der Waals surface area contributed by atoms with Crippen LogP contribution in [0.25, 0.3) is 10.6 Å². The second-order valence-electron chi connectivity index (χ2n) is 6.78. The number of pyridine rings is 1. The number of hydrogen-bond acceptors (Lipinski definition) is 6. The van der Waals surface area contributed by atoms with E-state index in [9.17, 15) is 8.42 Å². The van der Waals surface area contributed by atoms with Gasteiger partial charge >= 0.3 is 0 Å². The lowest BCUT2D eigenvalue weighted by Gasteiger charge is -2.34. The highest BCUT2D eigenvalue weighted by molar-refractivity contribution is 7.91. The molecule has 0 N–H and O–H groups in total. The van der Waals surface area contributed by atoms with Crippen LogP contribution in [0.1, 0.15) is 24.1 Å². The summed E-state index contributed by atoms with van der Waals surface area (Å²) in [5, 5.41) is 0. The Balaban J connectivity index is 1.68. The van der Waals surface area contributed by atoms with Gasteiger partial charge in [0.2, 0.25) is 0 Å². The molecule has 4 rings (SSSR count). The Morgan fingerprint density at radius 3 is 2.55 bits per heavy atom. The first-order valence-corrected chi connectivity index (χ1v) is 11.5. The van der Waals surface area contributed by atoms with Gasteiger partial charge in [-0.2, -0.15) is 4.31 Å². The summed E-state index contributed by atoms with van der Waals surface area (Å²) in [6.07, 6.45) is 2.33. The Hall–Kier alpha value is -2.42. The maximum Gasteiger partial charge on any atom is 0.253 e. The van der Waals surface area contributed by atoms with Crippen molar-refractivity contribution in [1.82, 2.24) is 9.29 Å². The molecular formula is C21H22N2O4S2. The molecule has 0 unspecified atom stereocenters. The fraction of sp³-hybridized carbons (Fsp3) is 0.286. The lowest BCUT2D eigenvalue weighted by molar-refractivity contribution is 0.319. The number of sulfonamides is 1. The molecule has 1 aliphatic rings. The zero-order valence-electron chi connectivity index (χ0n) is 16.5. The quantitative estimate of drug-likeness (QED) is 0.609. The van der Waals surface area contributed by atoms with E-state index in [4.69, 9.17) is 9.47 Å². The van der Waals surface area contributed by atoms with Gasteiger partial charge in [0.1, 0.15) is 4.21 Å². The molecule has 3 aromatic rings. The SMILES string of the molecule is COc1cc2c(cc1OC)[C@H](C)N(S(=O)(=O)c1ccc(-c3ccccn3)s1)CC2. The van der Waals surface area contributed by atoms with Crippen LogP contribution in [0.3, 0.4) is 0 Å². The summed E-state index contributed by atoms with van der Waals surface area (Å²) in [6.45, 7) is 2.33. The number of hydrogen-bond donors (Lipinski definition) is 0. The van der Waals surface area contributed by atoms with Crippen LogP contribution in [0.5, 0.6) is 11.5 Å². The van der Waals surface area contributed by atoms with Crippen molar-refractivity contribution in [2.24, 2.45) is 0 Å². The third-order valence-electron chi connectivity index (χ3n) is 5.19. The van der Waals surface area contributed by atoms with Crippen molar-refractivity contribution in [2.45, 2.75) is 23.6 Å². The van der Waals surface area contributed by atoms with Crippen molar-refractivity contribution in [3.8, 4) is 22.1 Å². The van der Waals surface area contributed by atoms with Crippen LogP contribution in [-0.2, 0) is 16.4 Å². The average Bonchev–Trinajstić information content (AvgIpc) is 3.25. The monoisotopic (exact) mass is 430 g/mol. The highest BCUT2D eigenvalue weighted by atomic mass is 32.2. The molecule has 6 nitrogen and oxygen atoms in total. The highest BCUT2D eigenvalue weighted by Gasteiger charge is 2.35. The first-order chi connectivity index (χ1) is 14.0. The zero-order chi connectivity index (χ0) is 20.6. The molecule has 1 aromatic carbocycles. The molecule has 29 heavy (non-hydrogen) atoms. The molecule has 0 saturated carbocycles. The molecule has 0 saturated heterocycles. The topological polar surface area (TPSA) is 68.7 Å². The molecule has 0 amide bonds. The Morgan fingerprint density at radius 2 is 1.86 bits per heavy atom. The van der Waals surface area contributed by atoms with Gasteiger partial charge < -0.3 is 9.47 Å². The molecule has 152 valence electrons. The number of thiophene rings is 1. The molecule has 2 aromatic heterocycles. The van der Waals surface area contributed by atoms with Gasteiger partial charge in [0.15, 0.2) is 11.5 Å². The molecule has 0 aliphatic carbocycles. The molecule has 3 heterocycles. The van der Waals surface area contributed by atoms with Crippen LogP contribution >= 0.6 is 11.3 Å². The average molecular weight is 431 g/mol. The maximum atomic E-state index is 13.4. The van der Waals surface area contributed by atoms with E-state index in [2.05, 4.69) is 4.98 Å². The summed E-state index contributed by atoms with van der Waals surface area (Å²) in [6, 6.07) is 12.6. The van der Waals surface area contributed by atoms with E-state index < -0.39 is 10.0 Å². The molecule has 1 atom stereocenters. The maximum absolute atomic E-state index is 13.4. The third kappa shape index (κ3) is 3.52. The standard InChI is InChI=1S/C21H22N2O4S2/c1-14-16-13-19(27-3)18(26-2)12-15(16)9-11-23(14)29(24,25)21-8-7-20(28-21)17-6-4-5-10-22-17/h4-8,10,12-14H,9,11H2,1-3H3/t14-/m0/s1. The van der Waals surface area contributed by atoms with Crippen LogP contribution in [0.15, 0.2) is 52.9 Å². The van der Waals surface area contributed by atoms with Gasteiger partial charge in [-0.1, -0.05) is 6.07 Å². The van der Waals surface area contributed by atoms with E-state index in [0.717, 1.165) is 21.7 Å². The zero-order valence-corrected chi connectivity index (χ0v) is 18.1. The van der Waals surface area contributed by atoms with Gasteiger partial charge in [-0.25, -0.2) is 8.42 Å². The number of ether oxygens (including phenoxy) is 2. The van der Waals surface area contributed by atoms with Gasteiger partial charge in [0, 0.05) is 18.8 Å². The van der Waals surface area contributed by atoms with Gasteiger partial charge in [-0.05, 0) is 60.9 Å². The normalized spacial score (nSPS) is 17.0. The fourth-order valence-corrected chi connectivity index (χ4v) is 6.70. The minimum atomic E-state index is -3.62. The highest BCUT2D eigenvalue weighted by Crippen LogP contribution is 2.41. The van der Waals surface area contributed by atoms with Crippen LogP contribution in [0.2, 0.25) is 0 Å². The molecule has 8 heteroatoms. The van der Waals surface area contributed by atoms with Crippen molar-refractivity contribution in [3.05, 3.63) is 59.8 Å². The van der Waals surface area contributed by atoms with E-state index >= 15 is 0 Å². The van der Waals surface area contributed by atoms with Gasteiger partial charge in [0.25, 0.3) is 10.0 Å². The number of rotatable bonds is 5. The minimum Gasteiger partial charge on any atom is -0.493 e. The Kier molecular flexibility index (Phi) is 5.33. The second-order valence-corrected chi connectivity index (χ2v) is 9.98. The van der Waals surface area contributed by atoms with Crippen LogP contribution in [0, 0.1) is 0 Å². The van der Waals surface area contributed by atoms with Crippen molar-refractivity contribution in [1.29, 1.82) is 0 Å².